The first kappa shape index (κ1) is 16.6. The first-order valence-electron chi connectivity index (χ1n) is 6.35. The monoisotopic (exact) mass is 252 g/mol. The molecule has 0 aromatic rings. The zero-order chi connectivity index (χ0) is 13.8. The topological polar surface area (TPSA) is 35.5 Å². The second-order valence-electron chi connectivity index (χ2n) is 3.97. The van der Waals surface area contributed by atoms with Crippen molar-refractivity contribution < 1.29 is 14.3 Å². The third kappa shape index (κ3) is 6.40. The van der Waals surface area contributed by atoms with Crippen LogP contribution in [0.1, 0.15) is 32.6 Å². The van der Waals surface area contributed by atoms with Gasteiger partial charge in [0.05, 0.1) is 18.8 Å². The number of carbonyl (C=O) groups excluding carboxylic acids is 1. The lowest BCUT2D eigenvalue weighted by Gasteiger charge is -2.09. The molecule has 18 heavy (non-hydrogen) atoms. The molecule has 0 saturated heterocycles. The van der Waals surface area contributed by atoms with E-state index in [2.05, 4.69) is 20.1 Å². The second kappa shape index (κ2) is 10.8. The van der Waals surface area contributed by atoms with Crippen LogP contribution < -0.4 is 0 Å². The molecule has 0 spiro atoms. The van der Waals surface area contributed by atoms with Gasteiger partial charge in [-0.3, -0.25) is 0 Å². The Morgan fingerprint density at radius 2 is 1.83 bits per heavy atom. The number of hydrogen-bond donors (Lipinski definition) is 0. The van der Waals surface area contributed by atoms with E-state index < -0.39 is 0 Å². The van der Waals surface area contributed by atoms with Gasteiger partial charge < -0.3 is 9.47 Å². The molecular formula is C15H24O3. The van der Waals surface area contributed by atoms with Crippen molar-refractivity contribution in [2.75, 3.05) is 20.3 Å². The minimum Gasteiger partial charge on any atom is -0.462 e. The summed E-state index contributed by atoms with van der Waals surface area (Å²) in [7, 11) is 1.54. The van der Waals surface area contributed by atoms with Crippen molar-refractivity contribution in [3.8, 4) is 0 Å². The summed E-state index contributed by atoms with van der Waals surface area (Å²) in [6.45, 7) is 10.1. The van der Waals surface area contributed by atoms with E-state index in [1.54, 1.807) is 19.3 Å². The number of unbranched alkanes of at least 4 members (excludes halogenated alkanes) is 3. The normalized spacial score (nSPS) is 9.67. The van der Waals surface area contributed by atoms with Gasteiger partial charge in [0.1, 0.15) is 0 Å². The highest BCUT2D eigenvalue weighted by molar-refractivity contribution is 5.90. The number of methoxy groups -OCH3 is 1. The van der Waals surface area contributed by atoms with Gasteiger partial charge >= 0.3 is 5.97 Å². The molecule has 0 aromatic heterocycles. The van der Waals surface area contributed by atoms with Crippen LogP contribution in [-0.2, 0) is 14.3 Å². The summed E-state index contributed by atoms with van der Waals surface area (Å²) in [6.07, 6.45) is 7.49. The molecule has 0 radical (unpaired) electrons. The quantitative estimate of drug-likeness (QED) is 0.259. The van der Waals surface area contributed by atoms with E-state index in [1.165, 1.54) is 12.8 Å². The molecule has 102 valence electrons. The molecule has 0 bridgehead atoms. The number of carbonyl (C=O) groups is 1. The van der Waals surface area contributed by atoms with Crippen LogP contribution in [0.2, 0.25) is 0 Å². The number of hydrogen-bond acceptors (Lipinski definition) is 3. The molecule has 3 nitrogen and oxygen atoms in total. The van der Waals surface area contributed by atoms with Crippen LogP contribution in [0.3, 0.4) is 0 Å². The molecule has 0 unspecified atom stereocenters. The fourth-order valence-electron chi connectivity index (χ4n) is 1.52. The first-order chi connectivity index (χ1) is 8.71. The van der Waals surface area contributed by atoms with Crippen LogP contribution in [-0.4, -0.2) is 26.3 Å². The summed E-state index contributed by atoms with van der Waals surface area (Å²) in [5.74, 6) is -0.344. The maximum atomic E-state index is 11.9. The van der Waals surface area contributed by atoms with Gasteiger partial charge in [-0.05, 0) is 12.0 Å². The standard InChI is InChI=1S/C15H24O3/c1-5-8-9-10-11-18-15(16)14(12-17-4)13(6-2)7-3/h6-7H,2-3,5,8-12H2,1,4H3. The summed E-state index contributed by atoms with van der Waals surface area (Å²) >= 11 is 0. The van der Waals surface area contributed by atoms with Crippen LogP contribution in [0.4, 0.5) is 0 Å². The Labute approximate surface area is 110 Å². The summed E-state index contributed by atoms with van der Waals surface area (Å²) in [4.78, 5) is 11.9. The highest BCUT2D eigenvalue weighted by atomic mass is 16.5. The molecule has 3 heteroatoms. The van der Waals surface area contributed by atoms with Crippen LogP contribution in [0.15, 0.2) is 36.5 Å². The Bertz CT molecular complexity index is 293. The molecule has 0 aromatic carbocycles. The van der Waals surface area contributed by atoms with Crippen molar-refractivity contribution in [2.45, 2.75) is 32.6 Å². The van der Waals surface area contributed by atoms with Crippen molar-refractivity contribution in [2.24, 2.45) is 0 Å². The Morgan fingerprint density at radius 3 is 2.33 bits per heavy atom. The Morgan fingerprint density at radius 1 is 1.17 bits per heavy atom. The largest absolute Gasteiger partial charge is 0.462 e. The van der Waals surface area contributed by atoms with Gasteiger partial charge in [0.15, 0.2) is 0 Å². The zero-order valence-corrected chi connectivity index (χ0v) is 11.5. The number of esters is 1. The predicted octanol–water partition coefficient (Wildman–Crippen LogP) is 3.42. The summed E-state index contributed by atoms with van der Waals surface area (Å²) < 4.78 is 10.2. The van der Waals surface area contributed by atoms with Gasteiger partial charge in [0.25, 0.3) is 0 Å². The molecular weight excluding hydrogens is 228 g/mol. The minimum atomic E-state index is -0.344. The molecule has 0 heterocycles. The second-order valence-corrected chi connectivity index (χ2v) is 3.97. The van der Waals surface area contributed by atoms with E-state index in [0.717, 1.165) is 12.8 Å². The fourth-order valence-corrected chi connectivity index (χ4v) is 1.52. The minimum absolute atomic E-state index is 0.209. The van der Waals surface area contributed by atoms with Gasteiger partial charge in [-0.15, -0.1) is 0 Å². The van der Waals surface area contributed by atoms with Crippen LogP contribution in [0, 0.1) is 0 Å². The molecule has 0 atom stereocenters. The number of rotatable bonds is 10. The number of ether oxygens (including phenoxy) is 2. The summed E-state index contributed by atoms with van der Waals surface area (Å²) in [6, 6.07) is 0. The Kier molecular flexibility index (Phi) is 9.97. The maximum Gasteiger partial charge on any atom is 0.336 e. The van der Waals surface area contributed by atoms with Crippen molar-refractivity contribution in [1.82, 2.24) is 0 Å². The average Bonchev–Trinajstić information content (AvgIpc) is 2.38. The lowest BCUT2D eigenvalue weighted by atomic mass is 10.1. The molecule has 0 aliphatic carbocycles. The Balaban J connectivity index is 4.36. The van der Waals surface area contributed by atoms with E-state index in [4.69, 9.17) is 9.47 Å². The smallest absolute Gasteiger partial charge is 0.336 e. The maximum absolute atomic E-state index is 11.9. The van der Waals surface area contributed by atoms with Crippen LogP contribution in [0.5, 0.6) is 0 Å². The highest BCUT2D eigenvalue weighted by Gasteiger charge is 2.13. The lowest BCUT2D eigenvalue weighted by molar-refractivity contribution is -0.139. The summed E-state index contributed by atoms with van der Waals surface area (Å²) in [5, 5.41) is 0. The van der Waals surface area contributed by atoms with Crippen molar-refractivity contribution in [1.29, 1.82) is 0 Å². The molecule has 0 aliphatic heterocycles. The molecule has 0 amide bonds. The molecule has 0 aliphatic rings. The molecule has 0 saturated carbocycles. The lowest BCUT2D eigenvalue weighted by Crippen LogP contribution is -2.14. The van der Waals surface area contributed by atoms with Crippen LogP contribution in [0.25, 0.3) is 0 Å². The summed E-state index contributed by atoms with van der Waals surface area (Å²) in [5.41, 5.74) is 1.13. The SMILES string of the molecule is C=CC(C=C)=C(COC)C(=O)OCCCCCC. The number of allylic oxidation sites excluding steroid dienone is 3. The van der Waals surface area contributed by atoms with E-state index >= 15 is 0 Å². The molecule has 0 fully saturated rings. The van der Waals surface area contributed by atoms with Gasteiger partial charge in [0, 0.05) is 7.11 Å². The van der Waals surface area contributed by atoms with Gasteiger partial charge in [-0.25, -0.2) is 4.79 Å². The Hall–Kier alpha value is -1.35. The van der Waals surface area contributed by atoms with Crippen LogP contribution >= 0.6 is 0 Å². The molecule has 0 N–H and O–H groups in total. The van der Waals surface area contributed by atoms with Crippen molar-refractivity contribution in [3.05, 3.63) is 36.5 Å². The van der Waals surface area contributed by atoms with Gasteiger partial charge in [-0.1, -0.05) is 51.5 Å². The van der Waals surface area contributed by atoms with E-state index in [0.29, 0.717) is 17.8 Å². The third-order valence-electron chi connectivity index (χ3n) is 2.55. The van der Waals surface area contributed by atoms with E-state index in [9.17, 15) is 4.79 Å². The zero-order valence-electron chi connectivity index (χ0n) is 11.5. The average molecular weight is 252 g/mol. The fraction of sp³-hybridized carbons (Fsp3) is 0.533. The third-order valence-corrected chi connectivity index (χ3v) is 2.55. The first-order valence-corrected chi connectivity index (χ1v) is 6.35. The van der Waals surface area contributed by atoms with E-state index in [-0.39, 0.29) is 12.6 Å². The van der Waals surface area contributed by atoms with Gasteiger partial charge in [-0.2, -0.15) is 0 Å². The predicted molar refractivity (Wildman–Crippen MR) is 74.4 cm³/mol. The van der Waals surface area contributed by atoms with Gasteiger partial charge in [0.2, 0.25) is 0 Å². The highest BCUT2D eigenvalue weighted by Crippen LogP contribution is 2.10. The van der Waals surface area contributed by atoms with Crippen molar-refractivity contribution >= 4 is 5.97 Å². The van der Waals surface area contributed by atoms with E-state index in [1.807, 2.05) is 0 Å². The molecule has 0 rings (SSSR count). The van der Waals surface area contributed by atoms with Crippen molar-refractivity contribution in [3.63, 3.8) is 0 Å².